The molecule has 1 aliphatic heterocycles. The first kappa shape index (κ1) is 18.8. The van der Waals surface area contributed by atoms with Gasteiger partial charge in [-0.15, -0.1) is 0 Å². The van der Waals surface area contributed by atoms with E-state index in [4.69, 9.17) is 0 Å². The van der Waals surface area contributed by atoms with E-state index in [9.17, 15) is 18.8 Å². The van der Waals surface area contributed by atoms with Crippen LogP contribution in [-0.4, -0.2) is 42.0 Å². The van der Waals surface area contributed by atoms with Crippen LogP contribution in [0.1, 0.15) is 21.5 Å². The van der Waals surface area contributed by atoms with Crippen LogP contribution in [-0.2, 0) is 0 Å². The van der Waals surface area contributed by atoms with Crippen LogP contribution in [0.3, 0.4) is 0 Å². The van der Waals surface area contributed by atoms with Crippen molar-refractivity contribution in [3.05, 3.63) is 70.9 Å². The third-order valence-corrected chi connectivity index (χ3v) is 5.21. The predicted octanol–water partition coefficient (Wildman–Crippen LogP) is 3.66. The van der Waals surface area contributed by atoms with Gasteiger partial charge in [0.1, 0.15) is 17.7 Å². The van der Waals surface area contributed by atoms with Gasteiger partial charge >= 0.3 is 0 Å². The minimum atomic E-state index is -0.544. The lowest BCUT2D eigenvalue weighted by atomic mass is 10.0. The normalized spacial score (nSPS) is 14.1. The van der Waals surface area contributed by atoms with E-state index in [1.54, 1.807) is 24.0 Å². The predicted molar refractivity (Wildman–Crippen MR) is 106 cm³/mol. The largest absolute Gasteiger partial charge is 0.366 e. The Morgan fingerprint density at radius 3 is 2.55 bits per heavy atom. The summed E-state index contributed by atoms with van der Waals surface area (Å²) in [4.78, 5) is 20.5. The van der Waals surface area contributed by atoms with Crippen LogP contribution in [0.4, 0.5) is 14.5 Å². The topological polar surface area (TPSA) is 60.2 Å². The van der Waals surface area contributed by atoms with Crippen molar-refractivity contribution in [3.63, 3.8) is 0 Å². The van der Waals surface area contributed by atoms with Crippen LogP contribution in [0.2, 0.25) is 0 Å². The molecule has 1 amide bonds. The maximum Gasteiger partial charge on any atom is 0.256 e. The van der Waals surface area contributed by atoms with Gasteiger partial charge in [0.15, 0.2) is 0 Å². The minimum absolute atomic E-state index is 0.0470. The fourth-order valence-corrected chi connectivity index (χ4v) is 3.78. The van der Waals surface area contributed by atoms with E-state index in [1.807, 2.05) is 4.90 Å². The molecule has 2 heterocycles. The molecule has 146 valence electrons. The number of aryl methyl sites for hydroxylation is 1. The molecular formula is C22H18F2N4O. The first-order chi connectivity index (χ1) is 14.0. The lowest BCUT2D eigenvalue weighted by molar-refractivity contribution is 0.0742. The van der Waals surface area contributed by atoms with Crippen LogP contribution in [0.15, 0.2) is 42.6 Å². The van der Waals surface area contributed by atoms with Crippen molar-refractivity contribution in [3.8, 4) is 6.07 Å². The van der Waals surface area contributed by atoms with Crippen molar-refractivity contribution >= 4 is 22.5 Å². The molecule has 7 heteroatoms. The molecular weight excluding hydrogens is 374 g/mol. The van der Waals surface area contributed by atoms with E-state index in [0.29, 0.717) is 53.9 Å². The Morgan fingerprint density at radius 1 is 1.14 bits per heavy atom. The number of piperazine rings is 1. The number of carbonyl (C=O) groups is 1. The molecule has 0 unspecified atom stereocenters. The van der Waals surface area contributed by atoms with Crippen molar-refractivity contribution in [2.45, 2.75) is 6.92 Å². The Balaban J connectivity index is 1.64. The molecule has 0 N–H and O–H groups in total. The maximum absolute atomic E-state index is 14.1. The number of benzene rings is 2. The monoisotopic (exact) mass is 392 g/mol. The number of nitrogens with zero attached hydrogens (tertiary/aromatic N) is 4. The Hall–Kier alpha value is -3.53. The first-order valence-electron chi connectivity index (χ1n) is 9.27. The van der Waals surface area contributed by atoms with E-state index >= 15 is 0 Å². The molecule has 1 fully saturated rings. The molecule has 4 rings (SSSR count). The number of aromatic nitrogens is 1. The van der Waals surface area contributed by atoms with Gasteiger partial charge in [0, 0.05) is 37.8 Å². The summed E-state index contributed by atoms with van der Waals surface area (Å²) in [6.45, 7) is 3.42. The minimum Gasteiger partial charge on any atom is -0.366 e. The van der Waals surface area contributed by atoms with Crippen molar-refractivity contribution in [2.75, 3.05) is 31.1 Å². The van der Waals surface area contributed by atoms with Gasteiger partial charge in [0.05, 0.1) is 22.3 Å². The Bertz CT molecular complexity index is 1150. The lowest BCUT2D eigenvalue weighted by Crippen LogP contribution is -2.49. The van der Waals surface area contributed by atoms with Gasteiger partial charge in [0.25, 0.3) is 5.91 Å². The second-order valence-electron chi connectivity index (χ2n) is 7.01. The summed E-state index contributed by atoms with van der Waals surface area (Å²) in [5.41, 5.74) is 2.37. The van der Waals surface area contributed by atoms with E-state index in [1.165, 1.54) is 30.5 Å². The zero-order valence-corrected chi connectivity index (χ0v) is 15.8. The Morgan fingerprint density at radius 2 is 1.86 bits per heavy atom. The van der Waals surface area contributed by atoms with Gasteiger partial charge in [-0.3, -0.25) is 9.78 Å². The summed E-state index contributed by atoms with van der Waals surface area (Å²) >= 11 is 0. The van der Waals surface area contributed by atoms with Gasteiger partial charge in [-0.2, -0.15) is 5.26 Å². The highest BCUT2D eigenvalue weighted by Gasteiger charge is 2.26. The third kappa shape index (κ3) is 3.38. The van der Waals surface area contributed by atoms with Gasteiger partial charge in [-0.1, -0.05) is 12.1 Å². The molecule has 0 atom stereocenters. The zero-order chi connectivity index (χ0) is 20.5. The fourth-order valence-electron chi connectivity index (χ4n) is 3.78. The smallest absolute Gasteiger partial charge is 0.256 e. The quantitative estimate of drug-likeness (QED) is 0.668. The molecule has 0 radical (unpaired) electrons. The van der Waals surface area contributed by atoms with Crippen molar-refractivity contribution < 1.29 is 13.6 Å². The molecule has 5 nitrogen and oxygen atoms in total. The van der Waals surface area contributed by atoms with Crippen LogP contribution in [0.5, 0.6) is 0 Å². The fraction of sp³-hybridized carbons (Fsp3) is 0.227. The molecule has 1 saturated heterocycles. The van der Waals surface area contributed by atoms with Crippen molar-refractivity contribution in [2.24, 2.45) is 0 Å². The second-order valence-corrected chi connectivity index (χ2v) is 7.01. The van der Waals surface area contributed by atoms with E-state index < -0.39 is 5.82 Å². The van der Waals surface area contributed by atoms with Crippen molar-refractivity contribution in [1.82, 2.24) is 9.88 Å². The first-order valence-corrected chi connectivity index (χ1v) is 9.27. The summed E-state index contributed by atoms with van der Waals surface area (Å²) in [6.07, 6.45) is 1.50. The summed E-state index contributed by atoms with van der Waals surface area (Å²) in [5.74, 6) is -1.29. The molecule has 2 aromatic carbocycles. The number of anilines is 1. The van der Waals surface area contributed by atoms with Gasteiger partial charge in [-0.05, 0) is 36.8 Å². The highest BCUT2D eigenvalue weighted by Crippen LogP contribution is 2.32. The molecule has 0 spiro atoms. The number of halogens is 2. The molecule has 0 saturated carbocycles. The molecule has 1 aromatic heterocycles. The summed E-state index contributed by atoms with van der Waals surface area (Å²) < 4.78 is 28.0. The SMILES string of the molecule is Cc1cc(F)cc2c(N3CCN(C(=O)c4ccccc4F)CC3)c(C#N)cnc12. The van der Waals surface area contributed by atoms with Crippen LogP contribution in [0.25, 0.3) is 10.9 Å². The number of fused-ring (bicyclic) bond motifs is 1. The van der Waals surface area contributed by atoms with E-state index in [0.717, 1.165) is 0 Å². The van der Waals surface area contributed by atoms with Crippen LogP contribution in [0, 0.1) is 29.9 Å². The average molecular weight is 392 g/mol. The third-order valence-electron chi connectivity index (χ3n) is 5.21. The highest BCUT2D eigenvalue weighted by atomic mass is 19.1. The van der Waals surface area contributed by atoms with Crippen LogP contribution >= 0.6 is 0 Å². The average Bonchev–Trinajstić information content (AvgIpc) is 2.73. The molecule has 29 heavy (non-hydrogen) atoms. The van der Waals surface area contributed by atoms with Crippen molar-refractivity contribution in [1.29, 1.82) is 5.26 Å². The number of nitriles is 1. The Labute approximate surface area is 166 Å². The molecule has 0 aliphatic carbocycles. The number of hydrogen-bond acceptors (Lipinski definition) is 4. The molecule has 1 aliphatic rings. The van der Waals surface area contributed by atoms with E-state index in [2.05, 4.69) is 11.1 Å². The summed E-state index contributed by atoms with van der Waals surface area (Å²) in [7, 11) is 0. The second kappa shape index (κ2) is 7.47. The Kier molecular flexibility index (Phi) is 4.85. The lowest BCUT2D eigenvalue weighted by Gasteiger charge is -2.37. The van der Waals surface area contributed by atoms with Gasteiger partial charge in [0.2, 0.25) is 0 Å². The number of rotatable bonds is 2. The standard InChI is InChI=1S/C22H18F2N4O/c1-14-10-16(23)11-18-20(14)26-13-15(12-25)21(18)27-6-8-28(9-7-27)22(29)17-4-2-3-5-19(17)24/h2-5,10-11,13H,6-9H2,1H3. The number of amides is 1. The van der Waals surface area contributed by atoms with Gasteiger partial charge < -0.3 is 9.80 Å². The molecule has 0 bridgehead atoms. The number of carbonyl (C=O) groups excluding carboxylic acids is 1. The van der Waals surface area contributed by atoms with Gasteiger partial charge in [-0.25, -0.2) is 8.78 Å². The maximum atomic E-state index is 14.1. The highest BCUT2D eigenvalue weighted by molar-refractivity contribution is 5.97. The number of pyridine rings is 1. The van der Waals surface area contributed by atoms with E-state index in [-0.39, 0.29) is 17.3 Å². The summed E-state index contributed by atoms with van der Waals surface area (Å²) in [6, 6.07) is 10.9. The number of hydrogen-bond donors (Lipinski definition) is 0. The van der Waals surface area contributed by atoms with Crippen LogP contribution < -0.4 is 4.90 Å². The summed E-state index contributed by atoms with van der Waals surface area (Å²) in [5, 5.41) is 10.1. The molecule has 3 aromatic rings. The zero-order valence-electron chi connectivity index (χ0n) is 15.8.